The molecular formula is C24H19F9N2O6. The molecule has 17 heteroatoms. The number of carboxylic acids is 2. The largest absolute Gasteiger partial charge is 0.490 e. The second-order valence-corrected chi connectivity index (χ2v) is 7.36. The highest BCUT2D eigenvalue weighted by Crippen LogP contribution is 2.31. The Morgan fingerprint density at radius 2 is 1.24 bits per heavy atom. The molecule has 0 aliphatic rings. The van der Waals surface area contributed by atoms with Gasteiger partial charge in [-0.3, -0.25) is 0 Å². The molecule has 1 heterocycles. The first-order valence-corrected chi connectivity index (χ1v) is 10.7. The average Bonchev–Trinajstić information content (AvgIpc) is 2.87. The molecule has 41 heavy (non-hydrogen) atoms. The molecule has 224 valence electrons. The molecule has 0 amide bonds. The van der Waals surface area contributed by atoms with Crippen LogP contribution in [0.25, 0.3) is 0 Å². The van der Waals surface area contributed by atoms with Gasteiger partial charge in [-0.2, -0.15) is 39.5 Å². The van der Waals surface area contributed by atoms with Gasteiger partial charge in [0.1, 0.15) is 23.8 Å². The van der Waals surface area contributed by atoms with Crippen molar-refractivity contribution in [1.82, 2.24) is 4.98 Å². The van der Waals surface area contributed by atoms with Gasteiger partial charge in [-0.05, 0) is 41.5 Å². The number of benzene rings is 2. The van der Waals surface area contributed by atoms with E-state index >= 15 is 0 Å². The second kappa shape index (κ2) is 14.7. The molecule has 3 aromatic rings. The number of aromatic nitrogens is 1. The topological polar surface area (TPSA) is 132 Å². The molecule has 0 radical (unpaired) electrons. The molecule has 3 rings (SSSR count). The van der Waals surface area contributed by atoms with Crippen LogP contribution >= 0.6 is 0 Å². The number of nitrogens with zero attached hydrogens (tertiary/aromatic N) is 1. The molecule has 4 N–H and O–H groups in total. The van der Waals surface area contributed by atoms with Crippen LogP contribution < -0.4 is 15.2 Å². The first kappa shape index (κ1) is 34.5. The summed E-state index contributed by atoms with van der Waals surface area (Å²) in [4.78, 5) is 21.3. The van der Waals surface area contributed by atoms with Crippen molar-refractivity contribution >= 4 is 11.9 Å². The molecule has 0 aliphatic heterocycles. The van der Waals surface area contributed by atoms with E-state index in [2.05, 4.69) is 4.98 Å². The Kier molecular flexibility index (Phi) is 12.4. The molecule has 0 atom stereocenters. The van der Waals surface area contributed by atoms with Crippen LogP contribution in [0.4, 0.5) is 39.5 Å². The van der Waals surface area contributed by atoms with Gasteiger partial charge in [0.25, 0.3) is 0 Å². The van der Waals surface area contributed by atoms with Crippen molar-refractivity contribution in [3.8, 4) is 17.4 Å². The lowest BCUT2D eigenvalue weighted by molar-refractivity contribution is -0.193. The predicted octanol–water partition coefficient (Wildman–Crippen LogP) is 6.20. The van der Waals surface area contributed by atoms with E-state index in [0.717, 1.165) is 17.4 Å². The molecule has 8 nitrogen and oxygen atoms in total. The zero-order valence-electron chi connectivity index (χ0n) is 20.2. The Hall–Kier alpha value is -4.54. The van der Waals surface area contributed by atoms with Gasteiger partial charge in [-0.15, -0.1) is 0 Å². The number of pyridine rings is 1. The molecule has 2 aromatic carbocycles. The van der Waals surface area contributed by atoms with Crippen LogP contribution in [0.15, 0.2) is 66.7 Å². The van der Waals surface area contributed by atoms with Crippen LogP contribution in [-0.4, -0.2) is 39.5 Å². The predicted molar refractivity (Wildman–Crippen MR) is 122 cm³/mol. The number of ether oxygens (including phenoxy) is 2. The van der Waals surface area contributed by atoms with Crippen molar-refractivity contribution in [3.05, 3.63) is 83.6 Å². The summed E-state index contributed by atoms with van der Waals surface area (Å²) in [6.45, 7) is 0.248. The fourth-order valence-electron chi connectivity index (χ4n) is 2.38. The molecule has 0 saturated carbocycles. The highest BCUT2D eigenvalue weighted by molar-refractivity contribution is 5.73. The van der Waals surface area contributed by atoms with E-state index in [9.17, 15) is 39.5 Å². The van der Waals surface area contributed by atoms with Crippen molar-refractivity contribution in [2.24, 2.45) is 5.73 Å². The van der Waals surface area contributed by atoms with E-state index in [4.69, 9.17) is 35.0 Å². The molecule has 0 saturated heterocycles. The van der Waals surface area contributed by atoms with Crippen molar-refractivity contribution in [2.75, 3.05) is 0 Å². The molecular weight excluding hydrogens is 583 g/mol. The maximum atomic E-state index is 13.0. The summed E-state index contributed by atoms with van der Waals surface area (Å²) < 4.78 is 114. The Balaban J connectivity index is 0.000000497. The number of hydrogen-bond acceptors (Lipinski definition) is 6. The fraction of sp³-hybridized carbons (Fsp3) is 0.208. The number of para-hydroxylation sites is 1. The van der Waals surface area contributed by atoms with Crippen LogP contribution in [-0.2, 0) is 28.9 Å². The summed E-state index contributed by atoms with van der Waals surface area (Å²) in [5.41, 5.74) is 5.53. The fourth-order valence-corrected chi connectivity index (χ4v) is 2.38. The third-order valence-electron chi connectivity index (χ3n) is 4.14. The van der Waals surface area contributed by atoms with E-state index in [1.807, 2.05) is 36.4 Å². The minimum Gasteiger partial charge on any atom is -0.489 e. The Morgan fingerprint density at radius 3 is 1.71 bits per heavy atom. The van der Waals surface area contributed by atoms with Gasteiger partial charge in [0.2, 0.25) is 5.88 Å². The van der Waals surface area contributed by atoms with Gasteiger partial charge in [-0.25, -0.2) is 14.6 Å². The lowest BCUT2D eigenvalue weighted by Crippen LogP contribution is -2.21. The number of carboxylic acid groups (broad SMARTS) is 2. The van der Waals surface area contributed by atoms with Gasteiger partial charge >= 0.3 is 30.5 Å². The van der Waals surface area contributed by atoms with E-state index in [1.54, 1.807) is 18.2 Å². The van der Waals surface area contributed by atoms with Crippen molar-refractivity contribution in [2.45, 2.75) is 31.7 Å². The Morgan fingerprint density at radius 1 is 0.732 bits per heavy atom. The van der Waals surface area contributed by atoms with E-state index in [-0.39, 0.29) is 18.0 Å². The molecule has 0 bridgehead atoms. The summed E-state index contributed by atoms with van der Waals surface area (Å²) in [5, 5.41) is 14.2. The Labute approximate surface area is 224 Å². The van der Waals surface area contributed by atoms with Crippen molar-refractivity contribution in [3.63, 3.8) is 0 Å². The number of halogens is 9. The van der Waals surface area contributed by atoms with Crippen LogP contribution in [0, 0.1) is 0 Å². The minimum absolute atomic E-state index is 0.0487. The maximum absolute atomic E-state index is 13.0. The van der Waals surface area contributed by atoms with Gasteiger partial charge in [0.15, 0.2) is 0 Å². The molecule has 1 aromatic heterocycles. The van der Waals surface area contributed by atoms with Crippen molar-refractivity contribution < 1.29 is 68.8 Å². The summed E-state index contributed by atoms with van der Waals surface area (Å²) in [6.07, 6.45) is -14.7. The lowest BCUT2D eigenvalue weighted by atomic mass is 10.2. The van der Waals surface area contributed by atoms with Crippen LogP contribution in [0.1, 0.15) is 16.8 Å². The third-order valence-corrected chi connectivity index (χ3v) is 4.14. The number of aliphatic carboxylic acids is 2. The van der Waals surface area contributed by atoms with E-state index in [1.165, 1.54) is 6.07 Å². The summed E-state index contributed by atoms with van der Waals surface area (Å²) >= 11 is 0. The van der Waals surface area contributed by atoms with Gasteiger partial charge in [0.05, 0.1) is 0 Å². The van der Waals surface area contributed by atoms with Gasteiger partial charge < -0.3 is 25.4 Å². The van der Waals surface area contributed by atoms with Gasteiger partial charge in [0, 0.05) is 12.6 Å². The number of carbonyl (C=O) groups is 2. The van der Waals surface area contributed by atoms with E-state index < -0.39 is 36.2 Å². The zero-order valence-corrected chi connectivity index (χ0v) is 20.2. The third kappa shape index (κ3) is 13.4. The number of rotatable bonds is 6. The standard InChI is InChI=1S/C20H17F3N2O2.2C2HF3O2/c21-20(22,23)18-10-15(12-24)11-19(25-18)27-17-8-4-5-14(9-17)13-26-16-6-2-1-3-7-16;2*3-2(4,5)1(6)7/h1-11H,12-13,24H2;2*(H,6,7). The average molecular weight is 602 g/mol. The first-order valence-electron chi connectivity index (χ1n) is 10.7. The quantitative estimate of drug-likeness (QED) is 0.285. The second-order valence-electron chi connectivity index (χ2n) is 7.36. The zero-order chi connectivity index (χ0) is 31.4. The number of alkyl halides is 9. The molecule has 0 spiro atoms. The number of nitrogens with two attached hydrogens (primary N) is 1. The SMILES string of the molecule is NCc1cc(Oc2cccc(COc3ccccc3)c2)nc(C(F)(F)F)c1.O=C(O)C(F)(F)F.O=C(O)C(F)(F)F. The molecule has 0 aliphatic carbocycles. The van der Waals surface area contributed by atoms with Crippen LogP contribution in [0.5, 0.6) is 17.4 Å². The molecule has 0 unspecified atom stereocenters. The monoisotopic (exact) mass is 602 g/mol. The van der Waals surface area contributed by atoms with Crippen molar-refractivity contribution in [1.29, 1.82) is 0 Å². The number of hydrogen-bond donors (Lipinski definition) is 3. The molecule has 0 fully saturated rings. The Bertz CT molecular complexity index is 1260. The van der Waals surface area contributed by atoms with Gasteiger partial charge in [-0.1, -0.05) is 30.3 Å². The summed E-state index contributed by atoms with van der Waals surface area (Å²) in [6, 6.07) is 18.5. The highest BCUT2D eigenvalue weighted by atomic mass is 19.4. The maximum Gasteiger partial charge on any atom is 0.490 e. The first-order chi connectivity index (χ1) is 18.8. The summed E-state index contributed by atoms with van der Waals surface area (Å²) in [5.74, 6) is -4.60. The van der Waals surface area contributed by atoms with Crippen LogP contribution in [0.2, 0.25) is 0 Å². The van der Waals surface area contributed by atoms with Crippen LogP contribution in [0.3, 0.4) is 0 Å². The summed E-state index contributed by atoms with van der Waals surface area (Å²) in [7, 11) is 0. The minimum atomic E-state index is -5.08. The smallest absolute Gasteiger partial charge is 0.489 e. The lowest BCUT2D eigenvalue weighted by Gasteiger charge is -2.12. The highest BCUT2D eigenvalue weighted by Gasteiger charge is 2.39. The van der Waals surface area contributed by atoms with E-state index in [0.29, 0.717) is 12.4 Å². The normalized spacial score (nSPS) is 11.3.